The van der Waals surface area contributed by atoms with Crippen molar-refractivity contribution in [3.05, 3.63) is 89.4 Å². The van der Waals surface area contributed by atoms with Crippen molar-refractivity contribution in [1.29, 1.82) is 0 Å². The number of carboxylic acids is 2. The molecule has 7 nitrogen and oxygen atoms in total. The third kappa shape index (κ3) is 4.57. The summed E-state index contributed by atoms with van der Waals surface area (Å²) in [5.74, 6) is -3.32. The Hall–Kier alpha value is -3.20. The predicted octanol–water partition coefficient (Wildman–Crippen LogP) is 4.17. The molecule has 0 saturated heterocycles. The summed E-state index contributed by atoms with van der Waals surface area (Å²) < 4.78 is 27.7. The van der Waals surface area contributed by atoms with E-state index in [1.807, 2.05) is 30.3 Å². The van der Waals surface area contributed by atoms with E-state index in [0.717, 1.165) is 16.7 Å². The summed E-state index contributed by atoms with van der Waals surface area (Å²) in [7, 11) is -4.42. The molecule has 0 aliphatic heterocycles. The van der Waals surface area contributed by atoms with E-state index < -0.39 is 40.0 Å². The van der Waals surface area contributed by atoms with Crippen molar-refractivity contribution in [1.82, 2.24) is 4.31 Å². The molecule has 3 aromatic carbocycles. The zero-order valence-electron chi connectivity index (χ0n) is 18.0. The normalized spacial score (nSPS) is 19.6. The quantitative estimate of drug-likeness (QED) is 0.457. The maximum Gasteiger partial charge on any atom is 0.325 e. The Morgan fingerprint density at radius 2 is 1.47 bits per heavy atom. The molecule has 0 spiro atoms. The fraction of sp³-hybridized carbons (Fsp3) is 0.200. The van der Waals surface area contributed by atoms with Gasteiger partial charge in [-0.3, -0.25) is 9.59 Å². The summed E-state index contributed by atoms with van der Waals surface area (Å²) in [4.78, 5) is 23.8. The first-order valence-electron chi connectivity index (χ1n) is 10.5. The summed E-state index contributed by atoms with van der Waals surface area (Å²) in [6, 6.07) is 22.0. The predicted molar refractivity (Wildman–Crippen MR) is 127 cm³/mol. The van der Waals surface area contributed by atoms with Crippen molar-refractivity contribution in [2.75, 3.05) is 6.54 Å². The van der Waals surface area contributed by atoms with Crippen LogP contribution in [0.1, 0.15) is 12.0 Å². The summed E-state index contributed by atoms with van der Waals surface area (Å²) in [5.41, 5.74) is 0.599. The second kappa shape index (κ2) is 9.21. The van der Waals surface area contributed by atoms with Gasteiger partial charge in [-0.2, -0.15) is 4.31 Å². The minimum absolute atomic E-state index is 0.0343. The van der Waals surface area contributed by atoms with E-state index in [1.54, 1.807) is 36.4 Å². The Balaban J connectivity index is 1.67. The maximum atomic E-state index is 13.5. The Morgan fingerprint density at radius 3 is 2.00 bits per heavy atom. The summed E-state index contributed by atoms with van der Waals surface area (Å²) in [6.07, 6.45) is 0.362. The topological polar surface area (TPSA) is 112 Å². The second-order valence-electron chi connectivity index (χ2n) is 8.26. The van der Waals surface area contributed by atoms with E-state index in [4.69, 9.17) is 11.6 Å². The molecule has 9 heteroatoms. The van der Waals surface area contributed by atoms with Crippen LogP contribution in [0.3, 0.4) is 0 Å². The largest absolute Gasteiger partial charge is 0.480 e. The fourth-order valence-corrected chi connectivity index (χ4v) is 6.15. The third-order valence-corrected chi connectivity index (χ3v) is 8.27. The molecule has 176 valence electrons. The van der Waals surface area contributed by atoms with E-state index in [-0.39, 0.29) is 11.3 Å². The van der Waals surface area contributed by atoms with Gasteiger partial charge in [-0.25, -0.2) is 8.42 Å². The molecule has 0 amide bonds. The van der Waals surface area contributed by atoms with Crippen LogP contribution in [-0.4, -0.2) is 47.0 Å². The van der Waals surface area contributed by atoms with Crippen molar-refractivity contribution in [2.45, 2.75) is 23.3 Å². The van der Waals surface area contributed by atoms with Gasteiger partial charge in [-0.15, -0.1) is 0 Å². The molecule has 0 heterocycles. The highest BCUT2D eigenvalue weighted by Gasteiger charge is 2.67. The number of nitrogens with zero attached hydrogens (tertiary/aromatic N) is 1. The van der Waals surface area contributed by atoms with Crippen molar-refractivity contribution < 1.29 is 28.2 Å². The zero-order valence-corrected chi connectivity index (χ0v) is 19.5. The highest BCUT2D eigenvalue weighted by atomic mass is 35.5. The number of carboxylic acid groups (broad SMARTS) is 2. The number of carbonyl (C=O) groups is 2. The lowest BCUT2D eigenvalue weighted by Gasteiger charge is -2.28. The monoisotopic (exact) mass is 499 g/mol. The van der Waals surface area contributed by atoms with E-state index in [1.165, 1.54) is 12.1 Å². The van der Waals surface area contributed by atoms with Crippen LogP contribution in [0.2, 0.25) is 5.02 Å². The Morgan fingerprint density at radius 1 is 0.912 bits per heavy atom. The number of rotatable bonds is 9. The van der Waals surface area contributed by atoms with Crippen LogP contribution >= 0.6 is 11.6 Å². The van der Waals surface area contributed by atoms with Crippen molar-refractivity contribution in [3.63, 3.8) is 0 Å². The number of halogens is 1. The van der Waals surface area contributed by atoms with Gasteiger partial charge in [-0.1, -0.05) is 66.2 Å². The van der Waals surface area contributed by atoms with Crippen molar-refractivity contribution in [3.8, 4) is 11.1 Å². The van der Waals surface area contributed by atoms with Crippen LogP contribution in [-0.2, 0) is 26.0 Å². The van der Waals surface area contributed by atoms with E-state index in [2.05, 4.69) is 0 Å². The van der Waals surface area contributed by atoms with Gasteiger partial charge in [-0.05, 0) is 59.7 Å². The lowest BCUT2D eigenvalue weighted by Crippen LogP contribution is -2.51. The van der Waals surface area contributed by atoms with E-state index in [0.29, 0.717) is 15.7 Å². The third-order valence-electron chi connectivity index (χ3n) is 6.11. The van der Waals surface area contributed by atoms with Crippen LogP contribution in [0, 0.1) is 5.92 Å². The molecule has 1 aliphatic carbocycles. The van der Waals surface area contributed by atoms with Gasteiger partial charge in [0.1, 0.15) is 12.1 Å². The minimum Gasteiger partial charge on any atom is -0.480 e. The molecule has 2 N–H and O–H groups in total. The average molecular weight is 500 g/mol. The number of hydrogen-bond acceptors (Lipinski definition) is 4. The van der Waals surface area contributed by atoms with E-state index >= 15 is 0 Å². The first kappa shape index (κ1) is 23.9. The summed E-state index contributed by atoms with van der Waals surface area (Å²) in [6.45, 7) is -0.946. The van der Waals surface area contributed by atoms with Gasteiger partial charge in [0, 0.05) is 5.02 Å². The number of hydrogen-bond donors (Lipinski definition) is 2. The lowest BCUT2D eigenvalue weighted by atomic mass is 10.1. The Labute approximate surface area is 202 Å². The SMILES string of the molecule is O=C(O)CN([C@]1(C(=O)O)C[C@@H]1Cc1ccccc1)S(=O)(=O)c1ccc(-c2ccc(Cl)cc2)cc1. The molecule has 0 unspecified atom stereocenters. The molecule has 0 bridgehead atoms. The molecule has 2 atom stereocenters. The highest BCUT2D eigenvalue weighted by molar-refractivity contribution is 7.89. The van der Waals surface area contributed by atoms with Gasteiger partial charge in [0.25, 0.3) is 0 Å². The number of aliphatic carboxylic acids is 2. The van der Waals surface area contributed by atoms with Gasteiger partial charge in [0.05, 0.1) is 4.90 Å². The maximum absolute atomic E-state index is 13.5. The summed E-state index contributed by atoms with van der Waals surface area (Å²) >= 11 is 5.92. The van der Waals surface area contributed by atoms with Gasteiger partial charge in [0.15, 0.2) is 0 Å². The number of sulfonamides is 1. The number of benzene rings is 3. The van der Waals surface area contributed by atoms with Crippen molar-refractivity contribution in [2.24, 2.45) is 5.92 Å². The molecular weight excluding hydrogens is 478 g/mol. The second-order valence-corrected chi connectivity index (χ2v) is 10.6. The first-order chi connectivity index (χ1) is 16.1. The minimum atomic E-state index is -4.42. The van der Waals surface area contributed by atoms with Gasteiger partial charge >= 0.3 is 11.9 Å². The highest BCUT2D eigenvalue weighted by Crippen LogP contribution is 2.52. The standard InChI is InChI=1S/C25H22ClNO6S/c26-21-10-6-18(7-11-21)19-8-12-22(13-9-19)34(32,33)27(16-23(28)29)25(24(30)31)15-20(25)14-17-4-2-1-3-5-17/h1-13,20H,14-16H2,(H,28,29)(H,30,31)/t20-,25+/m0/s1. The molecule has 1 aliphatic rings. The lowest BCUT2D eigenvalue weighted by molar-refractivity contribution is -0.145. The van der Waals surface area contributed by atoms with Crippen LogP contribution in [0.15, 0.2) is 83.8 Å². The molecule has 4 rings (SSSR count). The summed E-state index contributed by atoms with van der Waals surface area (Å²) in [5, 5.41) is 20.1. The van der Waals surface area contributed by atoms with Gasteiger partial charge in [0.2, 0.25) is 10.0 Å². The smallest absolute Gasteiger partial charge is 0.325 e. The Bertz CT molecular complexity index is 1310. The first-order valence-corrected chi connectivity index (χ1v) is 12.3. The molecular formula is C25H22ClNO6S. The molecule has 0 aromatic heterocycles. The van der Waals surface area contributed by atoms with Crippen molar-refractivity contribution >= 4 is 33.6 Å². The van der Waals surface area contributed by atoms with Crippen LogP contribution in [0.5, 0.6) is 0 Å². The molecule has 1 fully saturated rings. The van der Waals surface area contributed by atoms with Crippen LogP contribution in [0.4, 0.5) is 0 Å². The van der Waals surface area contributed by atoms with Crippen LogP contribution < -0.4 is 0 Å². The molecule has 1 saturated carbocycles. The molecule has 0 radical (unpaired) electrons. The average Bonchev–Trinajstić information content (AvgIpc) is 3.53. The molecule has 34 heavy (non-hydrogen) atoms. The zero-order chi connectivity index (χ0) is 24.5. The van der Waals surface area contributed by atoms with Gasteiger partial charge < -0.3 is 10.2 Å². The fourth-order valence-electron chi connectivity index (χ4n) is 4.28. The van der Waals surface area contributed by atoms with E-state index in [9.17, 15) is 28.2 Å². The Kier molecular flexibility index (Phi) is 6.49. The molecule has 3 aromatic rings. The van der Waals surface area contributed by atoms with Crippen LogP contribution in [0.25, 0.3) is 11.1 Å².